The van der Waals surface area contributed by atoms with E-state index in [9.17, 15) is 0 Å². The lowest BCUT2D eigenvalue weighted by Crippen LogP contribution is -2.24. The van der Waals surface area contributed by atoms with Gasteiger partial charge in [-0.05, 0) is 26.3 Å². The van der Waals surface area contributed by atoms with E-state index in [1.165, 1.54) is 6.42 Å². The molecule has 1 unspecified atom stereocenters. The molecule has 0 rings (SSSR count). The number of rotatable bonds is 7. The van der Waals surface area contributed by atoms with Crippen LogP contribution in [-0.4, -0.2) is 36.2 Å². The molecule has 3 N–H and O–H groups in total. The molecule has 3 nitrogen and oxygen atoms in total. The Bertz CT molecular complexity index is 82.8. The molecule has 11 heavy (non-hydrogen) atoms. The highest BCUT2D eigenvalue weighted by Crippen LogP contribution is 1.97. The molecule has 0 saturated heterocycles. The molecule has 0 amide bonds. The summed E-state index contributed by atoms with van der Waals surface area (Å²) in [5.74, 6) is 0. The van der Waals surface area contributed by atoms with E-state index >= 15 is 0 Å². The molecule has 0 aliphatic rings. The van der Waals surface area contributed by atoms with Crippen molar-refractivity contribution in [1.29, 1.82) is 0 Å². The zero-order valence-electron chi connectivity index (χ0n) is 7.60. The van der Waals surface area contributed by atoms with Crippen LogP contribution in [0, 0.1) is 0 Å². The Morgan fingerprint density at radius 3 is 2.82 bits per heavy atom. The second-order valence-electron chi connectivity index (χ2n) is 2.73. The summed E-state index contributed by atoms with van der Waals surface area (Å²) in [7, 11) is 0.852. The fourth-order valence-electron chi connectivity index (χ4n) is 0.859. The number of hydrogen-bond donors (Lipinski definition) is 2. The van der Waals surface area contributed by atoms with Crippen molar-refractivity contribution in [1.82, 2.24) is 5.32 Å². The maximum Gasteiger partial charge on any atom is 0.146 e. The molecule has 0 bridgehead atoms. The zero-order chi connectivity index (χ0) is 8.53. The highest BCUT2D eigenvalue weighted by Gasteiger charge is 1.96. The average Bonchev–Trinajstić information content (AvgIpc) is 2.04. The van der Waals surface area contributed by atoms with Crippen molar-refractivity contribution in [2.24, 2.45) is 5.73 Å². The summed E-state index contributed by atoms with van der Waals surface area (Å²) in [5, 5.41) is 3.25. The van der Waals surface area contributed by atoms with Crippen LogP contribution in [0.1, 0.15) is 19.8 Å². The number of nitrogens with two attached hydrogens (primary N) is 1. The average molecular weight is 176 g/mol. The van der Waals surface area contributed by atoms with Gasteiger partial charge in [-0.3, -0.25) is 0 Å². The van der Waals surface area contributed by atoms with E-state index in [2.05, 4.69) is 12.2 Å². The topological polar surface area (TPSA) is 47.3 Å². The minimum Gasteiger partial charge on any atom is -0.425 e. The lowest BCUT2D eigenvalue weighted by atomic mass is 10.2. The first kappa shape index (κ1) is 11.1. The van der Waals surface area contributed by atoms with Crippen molar-refractivity contribution < 1.29 is 4.43 Å². The maximum absolute atomic E-state index is 5.32. The summed E-state index contributed by atoms with van der Waals surface area (Å²) in [6, 6.07) is 0. The summed E-state index contributed by atoms with van der Waals surface area (Å²) >= 11 is 0. The fourth-order valence-corrected chi connectivity index (χ4v) is 1.10. The molecule has 68 valence electrons. The third-order valence-electron chi connectivity index (χ3n) is 1.69. The molecule has 0 heterocycles. The second kappa shape index (κ2) is 8.20. The van der Waals surface area contributed by atoms with Crippen LogP contribution in [0.3, 0.4) is 0 Å². The van der Waals surface area contributed by atoms with Crippen molar-refractivity contribution in [2.45, 2.75) is 25.9 Å². The minimum absolute atomic E-state index is 0.446. The van der Waals surface area contributed by atoms with Gasteiger partial charge in [0.15, 0.2) is 0 Å². The summed E-state index contributed by atoms with van der Waals surface area (Å²) in [6.45, 7) is 4.84. The van der Waals surface area contributed by atoms with Crippen molar-refractivity contribution in [3.8, 4) is 0 Å². The molecule has 0 aromatic rings. The molecular weight excluding hydrogens is 156 g/mol. The number of nitrogens with one attached hydrogen (secondary N) is 1. The first-order chi connectivity index (χ1) is 5.31. The van der Waals surface area contributed by atoms with Crippen molar-refractivity contribution in [3.63, 3.8) is 0 Å². The van der Waals surface area contributed by atoms with Gasteiger partial charge in [0.25, 0.3) is 0 Å². The first-order valence-electron chi connectivity index (χ1n) is 4.24. The van der Waals surface area contributed by atoms with E-state index in [1.807, 2.05) is 0 Å². The van der Waals surface area contributed by atoms with Gasteiger partial charge in [-0.15, -0.1) is 0 Å². The molecule has 0 saturated carbocycles. The Labute approximate surface area is 72.2 Å². The van der Waals surface area contributed by atoms with Crippen LogP contribution in [0.4, 0.5) is 0 Å². The zero-order valence-corrected chi connectivity index (χ0v) is 9.60. The van der Waals surface area contributed by atoms with Gasteiger partial charge in [0, 0.05) is 19.2 Å². The first-order valence-corrected chi connectivity index (χ1v) is 5.06. The molecule has 0 aliphatic heterocycles. The van der Waals surface area contributed by atoms with Crippen LogP contribution in [-0.2, 0) is 4.43 Å². The van der Waals surface area contributed by atoms with Crippen LogP contribution in [0.25, 0.3) is 0 Å². The van der Waals surface area contributed by atoms with Gasteiger partial charge in [-0.25, -0.2) is 0 Å². The Morgan fingerprint density at radius 1 is 1.55 bits per heavy atom. The standard InChI is InChI=1S/C7H20N2OSi/c1-7(10-11)3-2-5-9-6-4-8/h7,9H,2-6,8H2,1,11H3. The van der Waals surface area contributed by atoms with Crippen molar-refractivity contribution in [3.05, 3.63) is 0 Å². The molecule has 1 atom stereocenters. The molecule has 0 radical (unpaired) electrons. The highest BCUT2D eigenvalue weighted by molar-refractivity contribution is 5.98. The fraction of sp³-hybridized carbons (Fsp3) is 1.00. The minimum atomic E-state index is 0.446. The maximum atomic E-state index is 5.32. The van der Waals surface area contributed by atoms with Crippen LogP contribution >= 0.6 is 0 Å². The van der Waals surface area contributed by atoms with Gasteiger partial charge in [0.05, 0.1) is 0 Å². The SMILES string of the molecule is CC(CCCNCCN)O[SiH3]. The van der Waals surface area contributed by atoms with Crippen molar-refractivity contribution in [2.75, 3.05) is 19.6 Å². The van der Waals surface area contributed by atoms with E-state index in [4.69, 9.17) is 10.2 Å². The summed E-state index contributed by atoms with van der Waals surface area (Å²) < 4.78 is 5.24. The monoisotopic (exact) mass is 176 g/mol. The smallest absolute Gasteiger partial charge is 0.146 e. The molecule has 0 fully saturated rings. The van der Waals surface area contributed by atoms with Crippen LogP contribution in [0.2, 0.25) is 0 Å². The van der Waals surface area contributed by atoms with Gasteiger partial charge in [0.2, 0.25) is 0 Å². The van der Waals surface area contributed by atoms with E-state index in [0.717, 1.165) is 36.5 Å². The Kier molecular flexibility index (Phi) is 8.27. The lowest BCUT2D eigenvalue weighted by Gasteiger charge is -2.09. The Morgan fingerprint density at radius 2 is 2.27 bits per heavy atom. The lowest BCUT2D eigenvalue weighted by molar-refractivity contribution is 0.228. The molecule has 0 aromatic heterocycles. The normalized spacial score (nSPS) is 13.6. The quantitative estimate of drug-likeness (QED) is 0.386. The third kappa shape index (κ3) is 8.00. The predicted octanol–water partition coefficient (Wildman–Crippen LogP) is -1.000. The van der Waals surface area contributed by atoms with E-state index in [0.29, 0.717) is 6.10 Å². The van der Waals surface area contributed by atoms with E-state index < -0.39 is 0 Å². The predicted molar refractivity (Wildman–Crippen MR) is 51.6 cm³/mol. The molecule has 0 aromatic carbocycles. The second-order valence-corrected chi connectivity index (χ2v) is 3.20. The third-order valence-corrected chi connectivity index (χ3v) is 2.49. The van der Waals surface area contributed by atoms with Crippen LogP contribution in [0.5, 0.6) is 0 Å². The van der Waals surface area contributed by atoms with Crippen LogP contribution in [0.15, 0.2) is 0 Å². The molecule has 4 heteroatoms. The summed E-state index contributed by atoms with van der Waals surface area (Å²) in [4.78, 5) is 0. The van der Waals surface area contributed by atoms with Crippen LogP contribution < -0.4 is 11.1 Å². The highest BCUT2D eigenvalue weighted by atomic mass is 28.2. The number of hydrogen-bond acceptors (Lipinski definition) is 3. The van der Waals surface area contributed by atoms with Crippen molar-refractivity contribution >= 4 is 10.5 Å². The molecule has 0 aliphatic carbocycles. The summed E-state index contributed by atoms with van der Waals surface area (Å²) in [6.07, 6.45) is 2.78. The van der Waals surface area contributed by atoms with Gasteiger partial charge >= 0.3 is 0 Å². The van der Waals surface area contributed by atoms with Gasteiger partial charge in [-0.1, -0.05) is 0 Å². The largest absolute Gasteiger partial charge is 0.425 e. The van der Waals surface area contributed by atoms with Gasteiger partial charge in [-0.2, -0.15) is 0 Å². The summed E-state index contributed by atoms with van der Waals surface area (Å²) in [5.41, 5.74) is 5.32. The van der Waals surface area contributed by atoms with E-state index in [-0.39, 0.29) is 0 Å². The Balaban J connectivity index is 2.89. The van der Waals surface area contributed by atoms with Gasteiger partial charge in [0.1, 0.15) is 10.5 Å². The molecule has 0 spiro atoms. The molecular formula is C7H20N2OSi. The Hall–Kier alpha value is 0.0969. The van der Waals surface area contributed by atoms with E-state index in [1.54, 1.807) is 0 Å². The van der Waals surface area contributed by atoms with Gasteiger partial charge < -0.3 is 15.5 Å².